The molecule has 38 valence electrons. The van der Waals surface area contributed by atoms with Crippen molar-refractivity contribution in [2.24, 2.45) is 0 Å². The Morgan fingerprint density at radius 2 is 2.57 bits per heavy atom. The van der Waals surface area contributed by atoms with Gasteiger partial charge in [0.1, 0.15) is 0 Å². The van der Waals surface area contributed by atoms with Crippen LogP contribution in [-0.2, 0) is 4.43 Å². The van der Waals surface area contributed by atoms with Crippen LogP contribution in [0.1, 0.15) is 6.42 Å². The van der Waals surface area contributed by atoms with E-state index in [-0.39, 0.29) is 0 Å². The first-order valence-corrected chi connectivity index (χ1v) is 3.34. The molecule has 0 aromatic heterocycles. The van der Waals surface area contributed by atoms with Crippen LogP contribution in [0.25, 0.3) is 0 Å². The molecule has 3 heteroatoms. The molecule has 1 nitrogen and oxygen atoms in total. The molecule has 1 aliphatic rings. The standard InChI is InChI=1S/C4H6OSSi/c6-4(5-7)3-1-2-3/h1H,2H2,7H3. The van der Waals surface area contributed by atoms with Crippen LogP contribution in [0, 0.1) is 0 Å². The lowest BCUT2D eigenvalue weighted by Crippen LogP contribution is -1.93. The Labute approximate surface area is 50.9 Å². The molecule has 0 unspecified atom stereocenters. The Bertz CT molecular complexity index is 130. The number of thiocarbonyl (C=S) groups is 1. The maximum atomic E-state index is 4.88. The van der Waals surface area contributed by atoms with Gasteiger partial charge in [-0.3, -0.25) is 0 Å². The van der Waals surface area contributed by atoms with Crippen LogP contribution in [0.2, 0.25) is 0 Å². The maximum Gasteiger partial charge on any atom is 0.205 e. The van der Waals surface area contributed by atoms with Crippen molar-refractivity contribution >= 4 is 27.8 Å². The molecule has 0 heterocycles. The first kappa shape index (κ1) is 4.99. The summed E-state index contributed by atoms with van der Waals surface area (Å²) in [4.78, 5) is 0. The van der Waals surface area contributed by atoms with Crippen LogP contribution in [0.4, 0.5) is 0 Å². The Kier molecular flexibility index (Phi) is 1.25. The van der Waals surface area contributed by atoms with Crippen molar-refractivity contribution in [3.8, 4) is 0 Å². The third-order valence-electron chi connectivity index (χ3n) is 0.856. The Hall–Kier alpha value is -0.153. The van der Waals surface area contributed by atoms with E-state index in [1.165, 1.54) is 5.57 Å². The first-order valence-electron chi connectivity index (χ1n) is 2.12. The quantitative estimate of drug-likeness (QED) is 0.363. The summed E-state index contributed by atoms with van der Waals surface area (Å²) in [6.45, 7) is 0. The molecule has 1 rings (SSSR count). The minimum absolute atomic E-state index is 0.715. The van der Waals surface area contributed by atoms with Gasteiger partial charge in [0.25, 0.3) is 0 Å². The predicted octanol–water partition coefficient (Wildman–Crippen LogP) is -0.0591. The van der Waals surface area contributed by atoms with Crippen molar-refractivity contribution in [3.63, 3.8) is 0 Å². The molecule has 0 radical (unpaired) electrons. The monoisotopic (exact) mass is 130 g/mol. The van der Waals surface area contributed by atoms with Crippen LogP contribution in [0.3, 0.4) is 0 Å². The molecule has 0 aliphatic heterocycles. The smallest absolute Gasteiger partial charge is 0.205 e. The van der Waals surface area contributed by atoms with Gasteiger partial charge in [-0.15, -0.1) is 0 Å². The van der Waals surface area contributed by atoms with Crippen LogP contribution in [-0.4, -0.2) is 15.5 Å². The number of allylic oxidation sites excluding steroid dienone is 1. The summed E-state index contributed by atoms with van der Waals surface area (Å²) >= 11 is 4.79. The Morgan fingerprint density at radius 1 is 2.00 bits per heavy atom. The number of hydrogen-bond donors (Lipinski definition) is 0. The molecule has 0 aromatic carbocycles. The molecule has 0 atom stereocenters. The fraction of sp³-hybridized carbons (Fsp3) is 0.250. The van der Waals surface area contributed by atoms with Crippen molar-refractivity contribution < 1.29 is 4.43 Å². The second-order valence-electron chi connectivity index (χ2n) is 1.43. The molecular formula is C4H6OSSi. The van der Waals surface area contributed by atoms with E-state index in [2.05, 4.69) is 6.08 Å². The molecular weight excluding hydrogens is 124 g/mol. The summed E-state index contributed by atoms with van der Waals surface area (Å²) in [6, 6.07) is 0. The number of rotatable bonds is 1. The average molecular weight is 130 g/mol. The van der Waals surface area contributed by atoms with Gasteiger partial charge >= 0.3 is 0 Å². The van der Waals surface area contributed by atoms with Gasteiger partial charge in [-0.25, -0.2) is 0 Å². The molecule has 0 saturated carbocycles. The summed E-state index contributed by atoms with van der Waals surface area (Å²) in [5.74, 6) is 0. The SMILES string of the molecule is [SiH3]OC(=S)C1=CC1. The Morgan fingerprint density at radius 3 is 2.71 bits per heavy atom. The van der Waals surface area contributed by atoms with E-state index >= 15 is 0 Å². The molecule has 1 aliphatic carbocycles. The summed E-state index contributed by atoms with van der Waals surface area (Å²) in [5, 5.41) is 0.715. The van der Waals surface area contributed by atoms with Crippen LogP contribution in [0.15, 0.2) is 11.6 Å². The fourth-order valence-electron chi connectivity index (χ4n) is 0.349. The highest BCUT2D eigenvalue weighted by molar-refractivity contribution is 7.80. The zero-order valence-corrected chi connectivity index (χ0v) is 6.92. The summed E-state index contributed by atoms with van der Waals surface area (Å²) in [6.07, 6.45) is 3.13. The van der Waals surface area contributed by atoms with E-state index in [1.54, 1.807) is 0 Å². The van der Waals surface area contributed by atoms with Gasteiger partial charge in [-0.05, 0) is 18.6 Å². The molecule has 0 spiro atoms. The molecule has 0 bridgehead atoms. The van der Waals surface area contributed by atoms with Gasteiger partial charge < -0.3 is 4.43 Å². The van der Waals surface area contributed by atoms with E-state index in [1.807, 2.05) is 0 Å². The van der Waals surface area contributed by atoms with Gasteiger partial charge in [-0.1, -0.05) is 6.08 Å². The lowest BCUT2D eigenvalue weighted by Gasteiger charge is -1.92. The predicted molar refractivity (Wildman–Crippen MR) is 36.3 cm³/mol. The normalized spacial score (nSPS) is 15.7. The lowest BCUT2D eigenvalue weighted by atomic mass is 10.5. The molecule has 7 heavy (non-hydrogen) atoms. The van der Waals surface area contributed by atoms with E-state index in [0.717, 1.165) is 16.9 Å². The topological polar surface area (TPSA) is 9.23 Å². The van der Waals surface area contributed by atoms with Gasteiger partial charge in [0, 0.05) is 5.57 Å². The minimum atomic E-state index is 0.715. The minimum Gasteiger partial charge on any atom is -0.546 e. The van der Waals surface area contributed by atoms with E-state index in [0.29, 0.717) is 5.05 Å². The largest absolute Gasteiger partial charge is 0.546 e. The molecule has 0 N–H and O–H groups in total. The zero-order chi connectivity index (χ0) is 5.28. The molecule has 0 amide bonds. The first-order chi connectivity index (χ1) is 3.34. The zero-order valence-electron chi connectivity index (χ0n) is 4.10. The molecule has 0 saturated heterocycles. The van der Waals surface area contributed by atoms with Crippen LogP contribution in [0.5, 0.6) is 0 Å². The number of hydrogen-bond acceptors (Lipinski definition) is 2. The van der Waals surface area contributed by atoms with E-state index < -0.39 is 0 Å². The highest BCUT2D eigenvalue weighted by Gasteiger charge is 2.11. The van der Waals surface area contributed by atoms with Crippen LogP contribution >= 0.6 is 12.2 Å². The van der Waals surface area contributed by atoms with Gasteiger partial charge in [0.2, 0.25) is 10.5 Å². The van der Waals surface area contributed by atoms with Crippen molar-refractivity contribution in [3.05, 3.63) is 11.6 Å². The van der Waals surface area contributed by atoms with E-state index in [4.69, 9.17) is 16.6 Å². The highest BCUT2D eigenvalue weighted by atomic mass is 32.1. The fourth-order valence-corrected chi connectivity index (χ4v) is 0.778. The second-order valence-corrected chi connectivity index (χ2v) is 2.20. The summed E-state index contributed by atoms with van der Waals surface area (Å²) in [5.41, 5.74) is 1.21. The van der Waals surface area contributed by atoms with E-state index in [9.17, 15) is 0 Å². The van der Waals surface area contributed by atoms with Crippen molar-refractivity contribution in [1.82, 2.24) is 0 Å². The third kappa shape index (κ3) is 1.11. The van der Waals surface area contributed by atoms with Gasteiger partial charge in [0.15, 0.2) is 5.05 Å². The second kappa shape index (κ2) is 1.75. The highest BCUT2D eigenvalue weighted by Crippen LogP contribution is 2.19. The van der Waals surface area contributed by atoms with Gasteiger partial charge in [-0.2, -0.15) is 0 Å². The van der Waals surface area contributed by atoms with Crippen molar-refractivity contribution in [2.45, 2.75) is 6.42 Å². The molecule has 0 aromatic rings. The molecule has 0 fully saturated rings. The average Bonchev–Trinajstić information content (AvgIpc) is 2.44. The van der Waals surface area contributed by atoms with Crippen molar-refractivity contribution in [1.29, 1.82) is 0 Å². The maximum absolute atomic E-state index is 4.88. The Balaban J connectivity index is 2.39. The third-order valence-corrected chi connectivity index (χ3v) is 1.99. The summed E-state index contributed by atoms with van der Waals surface area (Å²) < 4.78 is 4.88. The summed E-state index contributed by atoms with van der Waals surface area (Å²) in [7, 11) is 0.729. The van der Waals surface area contributed by atoms with Crippen molar-refractivity contribution in [2.75, 3.05) is 0 Å². The lowest BCUT2D eigenvalue weighted by molar-refractivity contribution is 0.632. The van der Waals surface area contributed by atoms with Crippen LogP contribution < -0.4 is 0 Å². The van der Waals surface area contributed by atoms with Gasteiger partial charge in [0.05, 0.1) is 0 Å².